The molecular formula is C24H30O5S. The van der Waals surface area contributed by atoms with Gasteiger partial charge in [-0.1, -0.05) is 75.0 Å². The molecule has 2 aromatic rings. The number of aryl methyl sites for hydroxylation is 1. The Morgan fingerprint density at radius 3 is 2.40 bits per heavy atom. The second-order valence-corrected chi connectivity index (χ2v) is 10.2. The van der Waals surface area contributed by atoms with Crippen molar-refractivity contribution in [2.24, 2.45) is 0 Å². The molecule has 5 nitrogen and oxygen atoms in total. The Balaban J connectivity index is 1.49. The van der Waals surface area contributed by atoms with E-state index < -0.39 is 36.1 Å². The summed E-state index contributed by atoms with van der Waals surface area (Å²) >= 11 is 1.44. The van der Waals surface area contributed by atoms with Gasteiger partial charge in [0.15, 0.2) is 6.29 Å². The van der Waals surface area contributed by atoms with Gasteiger partial charge in [0.2, 0.25) is 0 Å². The Kier molecular flexibility index (Phi) is 6.26. The van der Waals surface area contributed by atoms with Crippen LogP contribution in [0.3, 0.4) is 0 Å². The fourth-order valence-corrected chi connectivity index (χ4v) is 4.97. The molecule has 6 heteroatoms. The molecule has 0 amide bonds. The molecule has 2 aliphatic rings. The lowest BCUT2D eigenvalue weighted by atomic mass is 9.87. The maximum absolute atomic E-state index is 10.8. The van der Waals surface area contributed by atoms with Crippen molar-refractivity contribution in [2.75, 3.05) is 6.61 Å². The molecule has 4 rings (SSSR count). The van der Waals surface area contributed by atoms with E-state index in [2.05, 4.69) is 39.0 Å². The van der Waals surface area contributed by atoms with Crippen LogP contribution in [-0.4, -0.2) is 46.7 Å². The van der Waals surface area contributed by atoms with Gasteiger partial charge in [-0.05, 0) is 29.5 Å². The quantitative estimate of drug-likeness (QED) is 0.769. The molecule has 162 valence electrons. The molecule has 2 aliphatic heterocycles. The molecule has 2 fully saturated rings. The summed E-state index contributed by atoms with van der Waals surface area (Å²) in [4.78, 5) is 1.04. The Morgan fingerprint density at radius 2 is 1.70 bits per heavy atom. The predicted octanol–water partition coefficient (Wildman–Crippen LogP) is 3.95. The lowest BCUT2D eigenvalue weighted by molar-refractivity contribution is -0.318. The molecule has 30 heavy (non-hydrogen) atoms. The van der Waals surface area contributed by atoms with Crippen molar-refractivity contribution in [1.82, 2.24) is 0 Å². The largest absolute Gasteiger partial charge is 0.387 e. The Morgan fingerprint density at radius 1 is 0.967 bits per heavy atom. The lowest BCUT2D eigenvalue weighted by Gasteiger charge is -2.46. The summed E-state index contributed by atoms with van der Waals surface area (Å²) in [5.74, 6) is 0. The first-order chi connectivity index (χ1) is 14.2. The minimum absolute atomic E-state index is 0.0250. The van der Waals surface area contributed by atoms with Crippen LogP contribution >= 0.6 is 11.8 Å². The van der Waals surface area contributed by atoms with Gasteiger partial charge in [0, 0.05) is 10.5 Å². The minimum Gasteiger partial charge on any atom is -0.387 e. The van der Waals surface area contributed by atoms with Crippen molar-refractivity contribution in [3.05, 3.63) is 65.2 Å². The number of benzene rings is 2. The third-order valence-corrected chi connectivity index (χ3v) is 7.02. The molecule has 0 spiro atoms. The highest BCUT2D eigenvalue weighted by molar-refractivity contribution is 7.99. The highest BCUT2D eigenvalue weighted by atomic mass is 32.2. The number of thioether (sulfide) groups is 1. The maximum Gasteiger partial charge on any atom is 0.184 e. The zero-order valence-corrected chi connectivity index (χ0v) is 18.6. The van der Waals surface area contributed by atoms with Crippen LogP contribution in [0.4, 0.5) is 0 Å². The van der Waals surface area contributed by atoms with E-state index in [1.165, 1.54) is 17.3 Å². The van der Waals surface area contributed by atoms with Crippen LogP contribution < -0.4 is 0 Å². The number of fused-ring (bicyclic) bond motifs is 1. The summed E-state index contributed by atoms with van der Waals surface area (Å²) in [5, 5.41) is 21.6. The highest BCUT2D eigenvalue weighted by Crippen LogP contribution is 2.40. The third kappa shape index (κ3) is 4.44. The summed E-state index contributed by atoms with van der Waals surface area (Å²) in [7, 11) is 0. The fourth-order valence-electron chi connectivity index (χ4n) is 3.77. The topological polar surface area (TPSA) is 68.2 Å². The molecule has 2 heterocycles. The van der Waals surface area contributed by atoms with E-state index in [0.29, 0.717) is 6.61 Å². The normalized spacial score (nSPS) is 31.9. The molecule has 0 bridgehead atoms. The highest BCUT2D eigenvalue weighted by Gasteiger charge is 2.49. The van der Waals surface area contributed by atoms with Crippen molar-refractivity contribution in [1.29, 1.82) is 0 Å². The van der Waals surface area contributed by atoms with Crippen LogP contribution in [0.1, 0.15) is 43.8 Å². The van der Waals surface area contributed by atoms with E-state index in [1.807, 2.05) is 37.3 Å². The molecule has 6 atom stereocenters. The minimum atomic E-state index is -1.07. The third-order valence-electron chi connectivity index (χ3n) is 5.70. The average molecular weight is 431 g/mol. The molecule has 0 aromatic heterocycles. The monoisotopic (exact) mass is 430 g/mol. The molecule has 0 aliphatic carbocycles. The van der Waals surface area contributed by atoms with E-state index in [4.69, 9.17) is 14.2 Å². The van der Waals surface area contributed by atoms with Crippen LogP contribution in [0.15, 0.2) is 53.4 Å². The average Bonchev–Trinajstić information content (AvgIpc) is 2.73. The van der Waals surface area contributed by atoms with Gasteiger partial charge < -0.3 is 24.4 Å². The van der Waals surface area contributed by atoms with Gasteiger partial charge in [-0.3, -0.25) is 0 Å². The van der Waals surface area contributed by atoms with Crippen molar-refractivity contribution < 1.29 is 24.4 Å². The SMILES string of the molecule is Cc1ccc(C(C)(C)C)cc1S[C@H]1OC2COC(c3ccccc3)O[C@H]2C(O)[C@H]1O. The maximum atomic E-state index is 10.8. The van der Waals surface area contributed by atoms with Gasteiger partial charge in [0.1, 0.15) is 29.9 Å². The number of rotatable bonds is 3. The number of hydrogen-bond acceptors (Lipinski definition) is 6. The molecule has 2 aromatic carbocycles. The first kappa shape index (κ1) is 21.8. The van der Waals surface area contributed by atoms with Gasteiger partial charge in [0.05, 0.1) is 6.61 Å². The Hall–Kier alpha value is -1.41. The van der Waals surface area contributed by atoms with Gasteiger partial charge >= 0.3 is 0 Å². The van der Waals surface area contributed by atoms with Crippen molar-refractivity contribution in [3.8, 4) is 0 Å². The molecule has 0 radical (unpaired) electrons. The molecule has 2 saturated heterocycles. The van der Waals surface area contributed by atoms with Crippen molar-refractivity contribution in [3.63, 3.8) is 0 Å². The van der Waals surface area contributed by atoms with Crippen molar-refractivity contribution >= 4 is 11.8 Å². The van der Waals surface area contributed by atoms with Gasteiger partial charge in [-0.15, -0.1) is 0 Å². The predicted molar refractivity (Wildman–Crippen MR) is 116 cm³/mol. The lowest BCUT2D eigenvalue weighted by Crippen LogP contribution is -2.60. The standard InChI is InChI=1S/C24H30O5S/c1-14-10-11-16(24(2,3)4)12-18(14)30-23-20(26)19(25)21-17(28-23)13-27-22(29-21)15-8-6-5-7-9-15/h5-12,17,19-23,25-26H,13H2,1-4H3/t17?,19?,20-,21-,22?,23-/m1/s1. The summed E-state index contributed by atoms with van der Waals surface area (Å²) < 4.78 is 18.0. The van der Waals surface area contributed by atoms with Crippen LogP contribution in [-0.2, 0) is 19.6 Å². The first-order valence-electron chi connectivity index (χ1n) is 10.4. The zero-order chi connectivity index (χ0) is 21.5. The van der Waals surface area contributed by atoms with Crippen LogP contribution in [0, 0.1) is 6.92 Å². The van der Waals surface area contributed by atoms with Crippen LogP contribution in [0.5, 0.6) is 0 Å². The Labute approximate surface area is 182 Å². The number of ether oxygens (including phenoxy) is 3. The van der Waals surface area contributed by atoms with Gasteiger partial charge in [-0.25, -0.2) is 0 Å². The molecule has 3 unspecified atom stereocenters. The van der Waals surface area contributed by atoms with E-state index >= 15 is 0 Å². The summed E-state index contributed by atoms with van der Waals surface area (Å²) in [6.07, 6.45) is -3.77. The number of aliphatic hydroxyl groups is 2. The first-order valence-corrected chi connectivity index (χ1v) is 11.2. The molecule has 2 N–H and O–H groups in total. The zero-order valence-electron chi connectivity index (χ0n) is 17.8. The van der Waals surface area contributed by atoms with E-state index in [-0.39, 0.29) is 5.41 Å². The van der Waals surface area contributed by atoms with Crippen molar-refractivity contribution in [2.45, 2.75) is 74.1 Å². The van der Waals surface area contributed by atoms with Gasteiger partial charge in [-0.2, -0.15) is 0 Å². The number of aliphatic hydroxyl groups excluding tert-OH is 2. The second-order valence-electron chi connectivity index (χ2n) is 9.05. The van der Waals surface area contributed by atoms with E-state index in [9.17, 15) is 10.2 Å². The second kappa shape index (κ2) is 8.61. The van der Waals surface area contributed by atoms with E-state index in [1.54, 1.807) is 0 Å². The summed E-state index contributed by atoms with van der Waals surface area (Å²) in [6, 6.07) is 16.0. The summed E-state index contributed by atoms with van der Waals surface area (Å²) in [6.45, 7) is 8.86. The van der Waals surface area contributed by atoms with E-state index in [0.717, 1.165) is 16.0 Å². The van der Waals surface area contributed by atoms with Crippen LogP contribution in [0.2, 0.25) is 0 Å². The Bertz CT molecular complexity index is 864. The smallest absolute Gasteiger partial charge is 0.184 e. The summed E-state index contributed by atoms with van der Waals surface area (Å²) in [5.41, 5.74) is 2.63. The van der Waals surface area contributed by atoms with Crippen LogP contribution in [0.25, 0.3) is 0 Å². The fraction of sp³-hybridized carbons (Fsp3) is 0.500. The molecular weight excluding hydrogens is 400 g/mol. The van der Waals surface area contributed by atoms with Gasteiger partial charge in [0.25, 0.3) is 0 Å². The number of hydrogen-bond donors (Lipinski definition) is 2. The molecule has 0 saturated carbocycles.